The Morgan fingerprint density at radius 3 is 1.58 bits per heavy atom. The Morgan fingerprint density at radius 2 is 1.03 bits per heavy atom. The van der Waals surface area contributed by atoms with E-state index in [9.17, 15) is 15.8 Å². The van der Waals surface area contributed by atoms with Crippen LogP contribution in [-0.4, -0.2) is 34.9 Å². The smallest absolute Gasteiger partial charge is 0.199 e. The molecular formula is C26H8N10. The van der Waals surface area contributed by atoms with E-state index in [1.54, 1.807) is 12.1 Å². The third-order valence-electron chi connectivity index (χ3n) is 5.52. The molecule has 0 unspecified atom stereocenters. The van der Waals surface area contributed by atoms with Crippen LogP contribution in [0.15, 0.2) is 42.5 Å². The summed E-state index contributed by atoms with van der Waals surface area (Å²) in [4.78, 5) is 30.7. The fourth-order valence-corrected chi connectivity index (χ4v) is 3.82. The van der Waals surface area contributed by atoms with Gasteiger partial charge in [-0.1, -0.05) is 12.1 Å². The van der Waals surface area contributed by atoms with Crippen LogP contribution in [0.5, 0.6) is 0 Å². The molecule has 6 rings (SSSR count). The highest BCUT2D eigenvalue weighted by atomic mass is 15.0. The van der Waals surface area contributed by atoms with Crippen molar-refractivity contribution in [1.29, 1.82) is 15.8 Å². The van der Waals surface area contributed by atoms with E-state index in [0.717, 1.165) is 11.1 Å². The van der Waals surface area contributed by atoms with Crippen molar-refractivity contribution in [2.24, 2.45) is 0 Å². The van der Waals surface area contributed by atoms with Gasteiger partial charge in [0.05, 0.1) is 27.6 Å². The van der Waals surface area contributed by atoms with E-state index >= 15 is 0 Å². The van der Waals surface area contributed by atoms with E-state index in [1.807, 2.05) is 48.5 Å². The number of fused-ring (bicyclic) bond motifs is 4. The summed E-state index contributed by atoms with van der Waals surface area (Å²) in [6, 6.07) is 18.5. The molecule has 10 nitrogen and oxygen atoms in total. The standard InChI is InChI=1S/C26H8N10/c1-2-16-15(10-27)9-21-24(31-16)33-19-7-13(3-5-17(19)30-21)14-4-6-18-20(8-14)34-26-25(32-18)35-22(11-28)23(12-29)36-26/h1,3-9H. The molecule has 0 atom stereocenters. The molecule has 0 aliphatic rings. The lowest BCUT2D eigenvalue weighted by Gasteiger charge is -2.07. The first kappa shape index (κ1) is 20.5. The molecular weight excluding hydrogens is 452 g/mol. The third kappa shape index (κ3) is 3.16. The molecule has 0 radical (unpaired) electrons. The van der Waals surface area contributed by atoms with Gasteiger partial charge in [-0.2, -0.15) is 15.8 Å². The van der Waals surface area contributed by atoms with E-state index in [1.165, 1.54) is 0 Å². The number of hydrogen-bond acceptors (Lipinski definition) is 10. The first-order valence-electron chi connectivity index (χ1n) is 10.4. The number of aromatic nitrogens is 7. The molecule has 0 fully saturated rings. The van der Waals surface area contributed by atoms with Crippen LogP contribution < -0.4 is 0 Å². The van der Waals surface area contributed by atoms with Crippen molar-refractivity contribution in [2.45, 2.75) is 0 Å². The summed E-state index contributed by atoms with van der Waals surface area (Å²) in [5.41, 5.74) is 5.59. The van der Waals surface area contributed by atoms with Crippen molar-refractivity contribution in [3.05, 3.63) is 65.1 Å². The van der Waals surface area contributed by atoms with Gasteiger partial charge in [-0.15, -0.1) is 6.42 Å². The summed E-state index contributed by atoms with van der Waals surface area (Å²) in [5.74, 6) is 2.41. The maximum atomic E-state index is 9.29. The van der Waals surface area contributed by atoms with Crippen molar-refractivity contribution in [1.82, 2.24) is 34.9 Å². The van der Waals surface area contributed by atoms with Crippen LogP contribution in [0.3, 0.4) is 0 Å². The van der Waals surface area contributed by atoms with E-state index in [-0.39, 0.29) is 33.9 Å². The molecule has 0 amide bonds. The Hall–Kier alpha value is -6.10. The second-order valence-electron chi connectivity index (χ2n) is 7.63. The molecule has 6 aromatic rings. The van der Waals surface area contributed by atoms with Crippen molar-refractivity contribution < 1.29 is 0 Å². The van der Waals surface area contributed by atoms with Crippen LogP contribution in [-0.2, 0) is 0 Å². The Morgan fingerprint density at radius 1 is 0.500 bits per heavy atom. The summed E-state index contributed by atoms with van der Waals surface area (Å²) < 4.78 is 0. The summed E-state index contributed by atoms with van der Waals surface area (Å²) in [6.45, 7) is 0. The summed E-state index contributed by atoms with van der Waals surface area (Å²) in [6.07, 6.45) is 5.48. The quantitative estimate of drug-likeness (QED) is 0.263. The monoisotopic (exact) mass is 460 g/mol. The van der Waals surface area contributed by atoms with Gasteiger partial charge in [0.25, 0.3) is 0 Å². The summed E-state index contributed by atoms with van der Waals surface area (Å²) in [7, 11) is 0. The van der Waals surface area contributed by atoms with Crippen LogP contribution in [0.1, 0.15) is 22.6 Å². The van der Waals surface area contributed by atoms with Gasteiger partial charge in [0.2, 0.25) is 0 Å². The van der Waals surface area contributed by atoms with Gasteiger partial charge in [0.1, 0.15) is 29.4 Å². The zero-order valence-electron chi connectivity index (χ0n) is 18.1. The van der Waals surface area contributed by atoms with Crippen LogP contribution in [0.25, 0.3) is 55.7 Å². The first-order chi connectivity index (χ1) is 17.6. The normalized spacial score (nSPS) is 10.7. The Bertz CT molecular complexity index is 1950. The highest BCUT2D eigenvalue weighted by molar-refractivity contribution is 5.91. The highest BCUT2D eigenvalue weighted by Gasteiger charge is 2.13. The number of hydrogen-bond donors (Lipinski definition) is 0. The van der Waals surface area contributed by atoms with Gasteiger partial charge >= 0.3 is 0 Å². The second-order valence-corrected chi connectivity index (χ2v) is 7.63. The van der Waals surface area contributed by atoms with Gasteiger partial charge in [-0.3, -0.25) is 0 Å². The maximum absolute atomic E-state index is 9.29. The lowest BCUT2D eigenvalue weighted by molar-refractivity contribution is 1.14. The fourth-order valence-electron chi connectivity index (χ4n) is 3.82. The number of nitriles is 3. The number of nitrogens with zero attached hydrogens (tertiary/aromatic N) is 10. The summed E-state index contributed by atoms with van der Waals surface area (Å²) >= 11 is 0. The molecule has 0 aliphatic heterocycles. The zero-order valence-corrected chi connectivity index (χ0v) is 18.1. The van der Waals surface area contributed by atoms with Crippen LogP contribution in [0.4, 0.5) is 0 Å². The number of pyridine rings is 1. The van der Waals surface area contributed by atoms with Gasteiger partial charge < -0.3 is 0 Å². The number of rotatable bonds is 1. The van der Waals surface area contributed by atoms with E-state index in [2.05, 4.69) is 40.8 Å². The molecule has 162 valence electrons. The van der Waals surface area contributed by atoms with Gasteiger partial charge in [0.15, 0.2) is 28.3 Å². The van der Waals surface area contributed by atoms with Crippen molar-refractivity contribution in [3.63, 3.8) is 0 Å². The van der Waals surface area contributed by atoms with Crippen LogP contribution in [0, 0.1) is 46.3 Å². The Labute approximate surface area is 202 Å². The minimum Gasteiger partial charge on any atom is -0.243 e. The average Bonchev–Trinajstić information content (AvgIpc) is 2.92. The van der Waals surface area contributed by atoms with E-state index < -0.39 is 0 Å². The highest BCUT2D eigenvalue weighted by Crippen LogP contribution is 2.27. The molecule has 0 bridgehead atoms. The molecule has 0 aliphatic carbocycles. The minimum absolute atomic E-state index is 0.0900. The van der Waals surface area contributed by atoms with E-state index in [4.69, 9.17) is 6.42 Å². The number of benzene rings is 2. The SMILES string of the molecule is C#Cc1nc2nc3cc(-c4ccc5nc6nc(C#N)c(C#N)nc6nc5c4)ccc3nc2cc1C#N. The molecule has 2 aromatic carbocycles. The molecule has 4 heterocycles. The van der Waals surface area contributed by atoms with Crippen LogP contribution in [0.2, 0.25) is 0 Å². The largest absolute Gasteiger partial charge is 0.243 e. The average molecular weight is 460 g/mol. The predicted octanol–water partition coefficient (Wildman–Crippen LogP) is 3.33. The van der Waals surface area contributed by atoms with E-state index in [0.29, 0.717) is 33.2 Å². The van der Waals surface area contributed by atoms with Crippen LogP contribution >= 0.6 is 0 Å². The summed E-state index contributed by atoms with van der Waals surface area (Å²) in [5, 5.41) is 27.7. The molecule has 36 heavy (non-hydrogen) atoms. The zero-order chi connectivity index (χ0) is 24.8. The van der Waals surface area contributed by atoms with Crippen molar-refractivity contribution in [3.8, 4) is 41.7 Å². The lowest BCUT2D eigenvalue weighted by atomic mass is 10.0. The van der Waals surface area contributed by atoms with Gasteiger partial charge in [0, 0.05) is 0 Å². The van der Waals surface area contributed by atoms with Gasteiger partial charge in [-0.05, 0) is 47.4 Å². The molecule has 0 saturated carbocycles. The maximum Gasteiger partial charge on any atom is 0.199 e. The fraction of sp³-hybridized carbons (Fsp3) is 0. The van der Waals surface area contributed by atoms with Crippen molar-refractivity contribution >= 4 is 44.5 Å². The first-order valence-corrected chi connectivity index (χ1v) is 10.4. The molecule has 0 N–H and O–H groups in total. The van der Waals surface area contributed by atoms with Crippen molar-refractivity contribution in [2.75, 3.05) is 0 Å². The molecule has 0 spiro atoms. The Kier molecular flexibility index (Phi) is 4.41. The number of terminal acetylenes is 1. The molecule has 0 saturated heterocycles. The van der Waals surface area contributed by atoms with Gasteiger partial charge in [-0.25, -0.2) is 34.9 Å². The third-order valence-corrected chi connectivity index (χ3v) is 5.52. The second kappa shape index (κ2) is 7.74. The Balaban J connectivity index is 1.49. The molecule has 10 heteroatoms. The topological polar surface area (TPSA) is 162 Å². The molecule has 4 aromatic heterocycles. The minimum atomic E-state index is -0.0985. The predicted molar refractivity (Wildman–Crippen MR) is 129 cm³/mol. The lowest BCUT2D eigenvalue weighted by Crippen LogP contribution is -2.00.